The number of halogens is 1. The van der Waals surface area contributed by atoms with E-state index >= 15 is 0 Å². The van der Waals surface area contributed by atoms with Gasteiger partial charge in [-0.3, -0.25) is 0 Å². The maximum absolute atomic E-state index is 5.76. The maximum atomic E-state index is 5.76. The summed E-state index contributed by atoms with van der Waals surface area (Å²) in [6.45, 7) is 4.14. The quantitative estimate of drug-likeness (QED) is 0.600. The van der Waals surface area contributed by atoms with Crippen LogP contribution in [0.3, 0.4) is 0 Å². The maximum Gasteiger partial charge on any atom is 0.0406 e. The minimum atomic E-state index is 0.227. The van der Waals surface area contributed by atoms with E-state index in [1.165, 1.54) is 18.4 Å². The average Bonchev–Trinajstić information content (AvgIpc) is 2.70. The molecular formula is C10H10Cl. The van der Waals surface area contributed by atoms with Gasteiger partial charge in [0.15, 0.2) is 0 Å². The highest BCUT2D eigenvalue weighted by Crippen LogP contribution is 2.47. The Morgan fingerprint density at radius 1 is 1.18 bits per heavy atom. The van der Waals surface area contributed by atoms with Gasteiger partial charge >= 0.3 is 0 Å². The molecule has 1 fully saturated rings. The van der Waals surface area contributed by atoms with E-state index in [0.29, 0.717) is 0 Å². The second-order valence-electron chi connectivity index (χ2n) is 3.29. The van der Waals surface area contributed by atoms with Crippen LogP contribution >= 0.6 is 11.6 Å². The van der Waals surface area contributed by atoms with Gasteiger partial charge in [0.25, 0.3) is 0 Å². The first-order valence-electron chi connectivity index (χ1n) is 3.82. The summed E-state index contributed by atoms with van der Waals surface area (Å²) in [5, 5.41) is 0.804. The van der Waals surface area contributed by atoms with Gasteiger partial charge in [-0.1, -0.05) is 23.7 Å². The van der Waals surface area contributed by atoms with Gasteiger partial charge in [-0.25, -0.2) is 0 Å². The lowest BCUT2D eigenvalue weighted by atomic mass is 9.99. The van der Waals surface area contributed by atoms with Gasteiger partial charge in [-0.15, -0.1) is 0 Å². The van der Waals surface area contributed by atoms with Gasteiger partial charge in [0.1, 0.15) is 0 Å². The Bertz CT molecular complexity index is 257. The van der Waals surface area contributed by atoms with Gasteiger partial charge in [0.05, 0.1) is 0 Å². The molecular weight excluding hydrogens is 156 g/mol. The number of benzene rings is 1. The van der Waals surface area contributed by atoms with Crippen molar-refractivity contribution in [2.24, 2.45) is 0 Å². The molecule has 57 valence electrons. The van der Waals surface area contributed by atoms with Crippen LogP contribution in [0.5, 0.6) is 0 Å². The smallest absolute Gasteiger partial charge is 0.0406 e. The minimum Gasteiger partial charge on any atom is -0.0843 e. The van der Waals surface area contributed by atoms with E-state index in [4.69, 9.17) is 11.6 Å². The third-order valence-electron chi connectivity index (χ3n) is 2.31. The second-order valence-corrected chi connectivity index (χ2v) is 3.72. The zero-order valence-electron chi connectivity index (χ0n) is 6.31. The van der Waals surface area contributed by atoms with Crippen LogP contribution in [-0.2, 0) is 5.41 Å². The molecule has 1 aliphatic rings. The zero-order valence-corrected chi connectivity index (χ0v) is 7.06. The minimum absolute atomic E-state index is 0.227. The summed E-state index contributed by atoms with van der Waals surface area (Å²) < 4.78 is 0. The first kappa shape index (κ1) is 7.17. The van der Waals surface area contributed by atoms with Crippen molar-refractivity contribution in [3.8, 4) is 0 Å². The molecule has 1 aromatic carbocycles. The highest BCUT2D eigenvalue weighted by atomic mass is 35.5. The molecule has 0 bridgehead atoms. The van der Waals surface area contributed by atoms with Crippen molar-refractivity contribution < 1.29 is 0 Å². The van der Waals surface area contributed by atoms with Crippen LogP contribution in [0, 0.1) is 6.92 Å². The molecule has 2 rings (SSSR count). The number of hydrogen-bond donors (Lipinski definition) is 0. The first-order chi connectivity index (χ1) is 5.21. The highest BCUT2D eigenvalue weighted by molar-refractivity contribution is 6.30. The van der Waals surface area contributed by atoms with Gasteiger partial charge in [0, 0.05) is 5.02 Å². The Morgan fingerprint density at radius 2 is 1.73 bits per heavy atom. The van der Waals surface area contributed by atoms with E-state index in [0.717, 1.165) is 5.02 Å². The topological polar surface area (TPSA) is 0 Å². The van der Waals surface area contributed by atoms with Crippen molar-refractivity contribution in [1.29, 1.82) is 0 Å². The molecule has 0 unspecified atom stereocenters. The second kappa shape index (κ2) is 2.25. The molecule has 1 radical (unpaired) electrons. The van der Waals surface area contributed by atoms with Crippen molar-refractivity contribution >= 4 is 11.6 Å². The predicted molar refractivity (Wildman–Crippen MR) is 47.7 cm³/mol. The molecule has 1 saturated carbocycles. The van der Waals surface area contributed by atoms with Crippen molar-refractivity contribution in [2.75, 3.05) is 0 Å². The van der Waals surface area contributed by atoms with E-state index in [2.05, 4.69) is 19.1 Å². The third kappa shape index (κ3) is 1.28. The van der Waals surface area contributed by atoms with Gasteiger partial charge in [-0.05, 0) is 42.9 Å². The normalized spacial score (nSPS) is 19.8. The van der Waals surface area contributed by atoms with Gasteiger partial charge in [-0.2, -0.15) is 0 Å². The van der Waals surface area contributed by atoms with Crippen LogP contribution in [-0.4, -0.2) is 0 Å². The Balaban J connectivity index is 2.33. The molecule has 0 amide bonds. The molecule has 1 aliphatic carbocycles. The molecule has 1 heteroatoms. The Labute approximate surface area is 72.2 Å². The molecule has 0 N–H and O–H groups in total. The lowest BCUT2D eigenvalue weighted by molar-refractivity contribution is 0.887. The molecule has 0 aliphatic heterocycles. The van der Waals surface area contributed by atoms with Crippen molar-refractivity contribution in [2.45, 2.75) is 18.3 Å². The Morgan fingerprint density at radius 3 is 2.18 bits per heavy atom. The lowest BCUT2D eigenvalue weighted by Gasteiger charge is -2.06. The van der Waals surface area contributed by atoms with Crippen LogP contribution < -0.4 is 0 Å². The largest absolute Gasteiger partial charge is 0.0843 e. The molecule has 0 nitrogen and oxygen atoms in total. The van der Waals surface area contributed by atoms with Gasteiger partial charge < -0.3 is 0 Å². The van der Waals surface area contributed by atoms with Crippen LogP contribution in [0.15, 0.2) is 24.3 Å². The van der Waals surface area contributed by atoms with E-state index in [-0.39, 0.29) is 5.41 Å². The van der Waals surface area contributed by atoms with E-state index in [9.17, 15) is 0 Å². The zero-order chi connectivity index (χ0) is 7.90. The van der Waals surface area contributed by atoms with Crippen molar-refractivity contribution in [3.63, 3.8) is 0 Å². The van der Waals surface area contributed by atoms with Crippen molar-refractivity contribution in [3.05, 3.63) is 41.8 Å². The third-order valence-corrected chi connectivity index (χ3v) is 2.56. The summed E-state index contributed by atoms with van der Waals surface area (Å²) >= 11 is 5.76. The molecule has 0 heterocycles. The average molecular weight is 166 g/mol. The van der Waals surface area contributed by atoms with Crippen LogP contribution in [0.25, 0.3) is 0 Å². The molecule has 0 saturated heterocycles. The molecule has 0 aromatic heterocycles. The molecule has 1 aromatic rings. The number of rotatable bonds is 1. The molecule has 11 heavy (non-hydrogen) atoms. The highest BCUT2D eigenvalue weighted by Gasteiger charge is 2.38. The van der Waals surface area contributed by atoms with Gasteiger partial charge in [0.2, 0.25) is 0 Å². The Hall–Kier alpha value is -0.490. The monoisotopic (exact) mass is 165 g/mol. The first-order valence-corrected chi connectivity index (χ1v) is 4.20. The fraction of sp³-hybridized carbons (Fsp3) is 0.300. The van der Waals surface area contributed by atoms with Crippen LogP contribution in [0.1, 0.15) is 18.4 Å². The standard InChI is InChI=1S/C10H10Cl/c1-10(6-7-10)8-2-4-9(11)5-3-8/h2-5H,1,6-7H2. The van der Waals surface area contributed by atoms with Crippen molar-refractivity contribution in [1.82, 2.24) is 0 Å². The SMILES string of the molecule is [CH2]C1(c2ccc(Cl)cc2)CC1. The van der Waals surface area contributed by atoms with E-state index in [1.54, 1.807) is 0 Å². The predicted octanol–water partition coefficient (Wildman–Crippen LogP) is 3.21. The summed E-state index contributed by atoms with van der Waals surface area (Å²) in [6.07, 6.45) is 2.43. The molecule has 0 atom stereocenters. The number of hydrogen-bond acceptors (Lipinski definition) is 0. The summed E-state index contributed by atoms with van der Waals surface area (Å²) in [7, 11) is 0. The van der Waals surface area contributed by atoms with E-state index in [1.807, 2.05) is 12.1 Å². The lowest BCUT2D eigenvalue weighted by Crippen LogP contribution is -1.98. The summed E-state index contributed by atoms with van der Waals surface area (Å²) in [5.74, 6) is 0. The molecule has 0 spiro atoms. The Kier molecular flexibility index (Phi) is 1.47. The van der Waals surface area contributed by atoms with E-state index < -0.39 is 0 Å². The summed E-state index contributed by atoms with van der Waals surface area (Å²) in [4.78, 5) is 0. The van der Waals surface area contributed by atoms with Crippen LogP contribution in [0.2, 0.25) is 5.02 Å². The summed E-state index contributed by atoms with van der Waals surface area (Å²) in [6, 6.07) is 8.01. The fourth-order valence-electron chi connectivity index (χ4n) is 1.24. The van der Waals surface area contributed by atoms with Crippen LogP contribution in [0.4, 0.5) is 0 Å². The summed E-state index contributed by atoms with van der Waals surface area (Å²) in [5.41, 5.74) is 1.55. The fourth-order valence-corrected chi connectivity index (χ4v) is 1.37.